The van der Waals surface area contributed by atoms with E-state index in [0.29, 0.717) is 0 Å². The molecule has 3 aromatic carbocycles. The molecule has 0 heterocycles. The average molecular weight is 467 g/mol. The van der Waals surface area contributed by atoms with Crippen LogP contribution in [0.15, 0.2) is 72.8 Å². The Morgan fingerprint density at radius 3 is 1.51 bits per heavy atom. The van der Waals surface area contributed by atoms with Crippen LogP contribution in [0.2, 0.25) is 0 Å². The summed E-state index contributed by atoms with van der Waals surface area (Å²) in [5.74, 6) is 0. The van der Waals surface area contributed by atoms with Gasteiger partial charge in [0.1, 0.15) is 0 Å². The summed E-state index contributed by atoms with van der Waals surface area (Å²) >= 11 is 0. The lowest BCUT2D eigenvalue weighted by Crippen LogP contribution is -2.35. The van der Waals surface area contributed by atoms with E-state index in [1.165, 1.54) is 33.4 Å². The van der Waals surface area contributed by atoms with Gasteiger partial charge in [0.05, 0.1) is 0 Å². The molecule has 0 bridgehead atoms. The highest BCUT2D eigenvalue weighted by molar-refractivity contribution is 5.55. The highest BCUT2D eigenvalue weighted by Gasteiger charge is 2.51. The van der Waals surface area contributed by atoms with Gasteiger partial charge in [0.2, 0.25) is 0 Å². The van der Waals surface area contributed by atoms with Crippen molar-refractivity contribution < 1.29 is 0 Å². The van der Waals surface area contributed by atoms with E-state index in [1.807, 2.05) is 0 Å². The number of hydrogen-bond donors (Lipinski definition) is 0. The third-order valence-electron chi connectivity index (χ3n) is 8.54. The molecule has 0 amide bonds. The molecule has 0 heteroatoms. The molecule has 0 spiro atoms. The van der Waals surface area contributed by atoms with Crippen LogP contribution in [0.5, 0.6) is 0 Å². The van der Waals surface area contributed by atoms with Gasteiger partial charge in [0, 0.05) is 5.41 Å². The average Bonchev–Trinajstić information content (AvgIpc) is 3.00. The Hall–Kier alpha value is -2.34. The minimum Gasteiger partial charge on any atom is -0.0620 e. The molecule has 0 radical (unpaired) electrons. The standard InChI is InChI=1S/C35H46/c1-31(2,3)25-17-11-13-19-27(25)33(7,8)23-34(9)24-35(10,30-22-16-14-20-28(30)34)29-21-15-12-18-26(29)32(4,5)6/h11-22H,23-24H2,1-10H3. The van der Waals surface area contributed by atoms with Gasteiger partial charge >= 0.3 is 0 Å². The smallest absolute Gasteiger partial charge is 0.0189 e. The van der Waals surface area contributed by atoms with Crippen LogP contribution in [0.3, 0.4) is 0 Å². The summed E-state index contributed by atoms with van der Waals surface area (Å²) in [4.78, 5) is 0. The van der Waals surface area contributed by atoms with Crippen LogP contribution in [0.4, 0.5) is 0 Å². The van der Waals surface area contributed by atoms with Crippen LogP contribution < -0.4 is 0 Å². The predicted octanol–water partition coefficient (Wildman–Crippen LogP) is 9.62. The van der Waals surface area contributed by atoms with Crippen LogP contribution in [-0.4, -0.2) is 0 Å². The highest BCUT2D eigenvalue weighted by atomic mass is 14.5. The lowest BCUT2D eigenvalue weighted by atomic mass is 9.63. The van der Waals surface area contributed by atoms with Crippen molar-refractivity contribution in [2.24, 2.45) is 0 Å². The van der Waals surface area contributed by atoms with Crippen molar-refractivity contribution in [3.8, 4) is 0 Å². The second-order valence-corrected chi connectivity index (χ2v) is 14.3. The molecular formula is C35H46. The van der Waals surface area contributed by atoms with Crippen LogP contribution in [0, 0.1) is 0 Å². The van der Waals surface area contributed by atoms with Crippen molar-refractivity contribution in [1.29, 1.82) is 0 Å². The van der Waals surface area contributed by atoms with E-state index in [2.05, 4.69) is 142 Å². The van der Waals surface area contributed by atoms with Crippen LogP contribution >= 0.6 is 0 Å². The van der Waals surface area contributed by atoms with E-state index >= 15 is 0 Å². The molecule has 0 aliphatic heterocycles. The first-order chi connectivity index (χ1) is 16.1. The van der Waals surface area contributed by atoms with Crippen molar-refractivity contribution in [3.05, 3.63) is 106 Å². The lowest BCUT2D eigenvalue weighted by Gasteiger charge is -2.40. The molecule has 35 heavy (non-hydrogen) atoms. The number of rotatable bonds is 4. The van der Waals surface area contributed by atoms with Crippen LogP contribution in [0.1, 0.15) is 115 Å². The summed E-state index contributed by atoms with van der Waals surface area (Å²) in [7, 11) is 0. The van der Waals surface area contributed by atoms with Gasteiger partial charge in [0.25, 0.3) is 0 Å². The largest absolute Gasteiger partial charge is 0.0620 e. The Bertz CT molecular complexity index is 1210. The normalized spacial score (nSPS) is 22.8. The van der Waals surface area contributed by atoms with Crippen LogP contribution in [0.25, 0.3) is 0 Å². The van der Waals surface area contributed by atoms with E-state index in [4.69, 9.17) is 0 Å². The monoisotopic (exact) mass is 466 g/mol. The zero-order valence-corrected chi connectivity index (χ0v) is 23.8. The molecular weight excluding hydrogens is 420 g/mol. The summed E-state index contributed by atoms with van der Waals surface area (Å²) in [6.07, 6.45) is 2.25. The Morgan fingerprint density at radius 1 is 0.543 bits per heavy atom. The number of benzene rings is 3. The first-order valence-electron chi connectivity index (χ1n) is 13.4. The first kappa shape index (κ1) is 25.7. The molecule has 3 aromatic rings. The van der Waals surface area contributed by atoms with Crippen molar-refractivity contribution >= 4 is 0 Å². The van der Waals surface area contributed by atoms with Gasteiger partial charge in [-0.2, -0.15) is 0 Å². The van der Waals surface area contributed by atoms with Gasteiger partial charge in [-0.15, -0.1) is 0 Å². The van der Waals surface area contributed by atoms with E-state index in [9.17, 15) is 0 Å². The fourth-order valence-electron chi connectivity index (χ4n) is 7.28. The minimum atomic E-state index is -0.00512. The summed E-state index contributed by atoms with van der Waals surface area (Å²) in [6, 6.07) is 27.6. The van der Waals surface area contributed by atoms with Crippen molar-refractivity contribution in [2.75, 3.05) is 0 Å². The van der Waals surface area contributed by atoms with Gasteiger partial charge in [-0.3, -0.25) is 0 Å². The second-order valence-electron chi connectivity index (χ2n) is 14.3. The SMILES string of the molecule is CC(C)(C)c1ccccc1C(C)(C)CC1(C)CC(C)(c2ccccc2C(C)(C)C)c2ccccc21. The first-order valence-corrected chi connectivity index (χ1v) is 13.4. The number of hydrogen-bond acceptors (Lipinski definition) is 0. The predicted molar refractivity (Wildman–Crippen MR) is 153 cm³/mol. The Balaban J connectivity index is 1.84. The zero-order valence-electron chi connectivity index (χ0n) is 23.8. The topological polar surface area (TPSA) is 0 Å². The molecule has 0 aromatic heterocycles. The van der Waals surface area contributed by atoms with Gasteiger partial charge in [-0.25, -0.2) is 0 Å². The van der Waals surface area contributed by atoms with Gasteiger partial charge in [0.15, 0.2) is 0 Å². The van der Waals surface area contributed by atoms with Gasteiger partial charge < -0.3 is 0 Å². The molecule has 1 aliphatic carbocycles. The van der Waals surface area contributed by atoms with E-state index in [0.717, 1.165) is 12.8 Å². The Morgan fingerprint density at radius 2 is 0.971 bits per heavy atom. The molecule has 0 saturated carbocycles. The molecule has 0 N–H and O–H groups in total. The Labute approximate surface area is 215 Å². The molecule has 2 unspecified atom stereocenters. The molecule has 1 aliphatic rings. The summed E-state index contributed by atoms with van der Waals surface area (Å²) in [6.45, 7) is 24.0. The van der Waals surface area contributed by atoms with Crippen molar-refractivity contribution in [3.63, 3.8) is 0 Å². The maximum atomic E-state index is 2.53. The van der Waals surface area contributed by atoms with Gasteiger partial charge in [-0.05, 0) is 67.9 Å². The minimum absolute atomic E-state index is 0.00512. The van der Waals surface area contributed by atoms with E-state index < -0.39 is 0 Å². The molecule has 0 saturated heterocycles. The third-order valence-corrected chi connectivity index (χ3v) is 8.54. The lowest BCUT2D eigenvalue weighted by molar-refractivity contribution is 0.292. The fraction of sp³-hybridized carbons (Fsp3) is 0.486. The second kappa shape index (κ2) is 8.36. The molecule has 186 valence electrons. The maximum absolute atomic E-state index is 2.53. The van der Waals surface area contributed by atoms with Crippen molar-refractivity contribution in [1.82, 2.24) is 0 Å². The molecule has 4 rings (SSSR count). The third kappa shape index (κ3) is 4.50. The summed E-state index contributed by atoms with van der Waals surface area (Å²) in [5.41, 5.74) is 9.36. The van der Waals surface area contributed by atoms with E-state index in [-0.39, 0.29) is 27.1 Å². The number of fused-ring (bicyclic) bond motifs is 1. The zero-order chi connectivity index (χ0) is 25.9. The summed E-state index contributed by atoms with van der Waals surface area (Å²) in [5, 5.41) is 0. The van der Waals surface area contributed by atoms with Gasteiger partial charge in [-0.1, -0.05) is 142 Å². The Kier molecular flexibility index (Phi) is 6.15. The maximum Gasteiger partial charge on any atom is 0.0189 e. The van der Waals surface area contributed by atoms with E-state index in [1.54, 1.807) is 0 Å². The molecule has 0 nitrogen and oxygen atoms in total. The van der Waals surface area contributed by atoms with Crippen molar-refractivity contribution in [2.45, 2.75) is 109 Å². The fourth-order valence-corrected chi connectivity index (χ4v) is 7.28. The molecule has 2 atom stereocenters. The molecule has 0 fully saturated rings. The summed E-state index contributed by atoms with van der Waals surface area (Å²) < 4.78 is 0. The quantitative estimate of drug-likeness (QED) is 0.359. The highest BCUT2D eigenvalue weighted by Crippen LogP contribution is 2.58. The van der Waals surface area contributed by atoms with Crippen LogP contribution in [-0.2, 0) is 27.1 Å².